The van der Waals surface area contributed by atoms with E-state index in [1.54, 1.807) is 18.3 Å². The van der Waals surface area contributed by atoms with Gasteiger partial charge in [-0.1, -0.05) is 41.9 Å². The van der Waals surface area contributed by atoms with Crippen molar-refractivity contribution in [3.05, 3.63) is 88.2 Å². The van der Waals surface area contributed by atoms with Crippen LogP contribution in [0.1, 0.15) is 27.3 Å². The Balaban J connectivity index is 1.77. The van der Waals surface area contributed by atoms with Crippen molar-refractivity contribution in [3.8, 4) is 5.69 Å². The number of aromatic nitrogens is 1. The van der Waals surface area contributed by atoms with Crippen LogP contribution >= 0.6 is 11.6 Å². The van der Waals surface area contributed by atoms with Gasteiger partial charge in [0.2, 0.25) is 0 Å². The molecule has 0 bridgehead atoms. The van der Waals surface area contributed by atoms with Crippen LogP contribution in [0.2, 0.25) is 5.02 Å². The van der Waals surface area contributed by atoms with E-state index in [2.05, 4.69) is 15.1 Å². The molecule has 0 aliphatic carbocycles. The Labute approximate surface area is 151 Å². The fourth-order valence-corrected chi connectivity index (χ4v) is 2.93. The van der Waals surface area contributed by atoms with Gasteiger partial charge < -0.3 is 4.57 Å². The number of aryl methyl sites for hydroxylation is 2. The molecule has 0 spiro atoms. The Morgan fingerprint density at radius 2 is 1.72 bits per heavy atom. The molecule has 1 N–H and O–H groups in total. The number of nitrogens with one attached hydrogen (secondary N) is 1. The van der Waals surface area contributed by atoms with Crippen LogP contribution < -0.4 is 5.43 Å². The number of hydrogen-bond acceptors (Lipinski definition) is 2. The molecule has 25 heavy (non-hydrogen) atoms. The van der Waals surface area contributed by atoms with Crippen molar-refractivity contribution < 1.29 is 4.79 Å². The highest BCUT2D eigenvalue weighted by Gasteiger charge is 2.12. The largest absolute Gasteiger partial charge is 0.318 e. The van der Waals surface area contributed by atoms with Gasteiger partial charge in [0, 0.05) is 17.1 Å². The maximum atomic E-state index is 12.3. The van der Waals surface area contributed by atoms with Gasteiger partial charge in [0.25, 0.3) is 5.91 Å². The summed E-state index contributed by atoms with van der Waals surface area (Å²) in [6.07, 6.45) is 1.59. The zero-order valence-corrected chi connectivity index (χ0v) is 14.8. The van der Waals surface area contributed by atoms with Crippen LogP contribution in [-0.4, -0.2) is 16.7 Å². The van der Waals surface area contributed by atoms with Crippen LogP contribution in [0.25, 0.3) is 5.69 Å². The van der Waals surface area contributed by atoms with Crippen LogP contribution in [0, 0.1) is 13.8 Å². The summed E-state index contributed by atoms with van der Waals surface area (Å²) in [6.45, 7) is 4.06. The van der Waals surface area contributed by atoms with Gasteiger partial charge in [-0.3, -0.25) is 4.79 Å². The molecule has 0 aliphatic heterocycles. The lowest BCUT2D eigenvalue weighted by Gasteiger charge is -2.11. The fraction of sp³-hybridized carbons (Fsp3) is 0.100. The molecule has 0 atom stereocenters. The summed E-state index contributed by atoms with van der Waals surface area (Å²) in [5.41, 5.74) is 6.94. The number of nitrogens with zero attached hydrogens (tertiary/aromatic N) is 2. The minimum atomic E-state index is -0.343. The molecule has 0 radical (unpaired) electrons. The van der Waals surface area contributed by atoms with E-state index in [9.17, 15) is 4.79 Å². The van der Waals surface area contributed by atoms with E-state index >= 15 is 0 Å². The Morgan fingerprint density at radius 1 is 1.04 bits per heavy atom. The van der Waals surface area contributed by atoms with E-state index in [-0.39, 0.29) is 5.91 Å². The minimum Gasteiger partial charge on any atom is -0.318 e. The normalized spacial score (nSPS) is 11.0. The first-order valence-electron chi connectivity index (χ1n) is 7.89. The Kier molecular flexibility index (Phi) is 5.00. The van der Waals surface area contributed by atoms with Gasteiger partial charge >= 0.3 is 0 Å². The first-order chi connectivity index (χ1) is 12.1. The van der Waals surface area contributed by atoms with Gasteiger partial charge in [-0.2, -0.15) is 5.10 Å². The number of carbonyl (C=O) groups excluding carboxylic acids is 1. The molecule has 0 unspecified atom stereocenters. The topological polar surface area (TPSA) is 46.4 Å². The van der Waals surface area contributed by atoms with E-state index in [4.69, 9.17) is 11.6 Å². The molecule has 1 heterocycles. The van der Waals surface area contributed by atoms with E-state index in [1.165, 1.54) is 0 Å². The third-order valence-electron chi connectivity index (χ3n) is 3.91. The molecule has 0 saturated heterocycles. The molecule has 5 heteroatoms. The van der Waals surface area contributed by atoms with Gasteiger partial charge in [0.15, 0.2) is 0 Å². The molecule has 2 aromatic carbocycles. The maximum absolute atomic E-state index is 12.3. The van der Waals surface area contributed by atoms with Crippen molar-refractivity contribution in [1.29, 1.82) is 0 Å². The van der Waals surface area contributed by atoms with Gasteiger partial charge in [-0.15, -0.1) is 0 Å². The molecule has 3 aromatic rings. The van der Waals surface area contributed by atoms with Crippen molar-refractivity contribution >= 4 is 23.7 Å². The van der Waals surface area contributed by atoms with Crippen molar-refractivity contribution in [3.63, 3.8) is 0 Å². The lowest BCUT2D eigenvalue weighted by Crippen LogP contribution is -2.18. The molecule has 0 aliphatic rings. The smallest absolute Gasteiger partial charge is 0.272 e. The van der Waals surface area contributed by atoms with E-state index in [0.29, 0.717) is 10.6 Å². The zero-order valence-electron chi connectivity index (χ0n) is 14.0. The second-order valence-electron chi connectivity index (χ2n) is 5.73. The second kappa shape index (κ2) is 7.36. The molecule has 4 nitrogen and oxygen atoms in total. The summed E-state index contributed by atoms with van der Waals surface area (Å²) in [7, 11) is 0. The van der Waals surface area contributed by atoms with Gasteiger partial charge in [0.05, 0.1) is 16.8 Å². The zero-order chi connectivity index (χ0) is 17.8. The Morgan fingerprint density at radius 3 is 2.36 bits per heavy atom. The summed E-state index contributed by atoms with van der Waals surface area (Å²) < 4.78 is 2.08. The SMILES string of the molecule is Cc1ccc(C)n1-c1ccc(C(=O)N/N=C\c2ccccc2)c(Cl)c1. The van der Waals surface area contributed by atoms with E-state index < -0.39 is 0 Å². The van der Waals surface area contributed by atoms with Crippen LogP contribution in [0.15, 0.2) is 65.8 Å². The van der Waals surface area contributed by atoms with Crippen molar-refractivity contribution in [2.45, 2.75) is 13.8 Å². The Hall–Kier alpha value is -2.85. The number of hydrogen-bond donors (Lipinski definition) is 1. The highest BCUT2D eigenvalue weighted by Crippen LogP contribution is 2.23. The lowest BCUT2D eigenvalue weighted by atomic mass is 10.2. The summed E-state index contributed by atoms with van der Waals surface area (Å²) in [5.74, 6) is -0.343. The first-order valence-corrected chi connectivity index (χ1v) is 8.27. The van der Waals surface area contributed by atoms with Gasteiger partial charge in [0.1, 0.15) is 0 Å². The number of halogens is 1. The number of hydrazone groups is 1. The number of carbonyl (C=O) groups is 1. The number of benzene rings is 2. The second-order valence-corrected chi connectivity index (χ2v) is 6.13. The van der Waals surface area contributed by atoms with Crippen molar-refractivity contribution in [1.82, 2.24) is 9.99 Å². The standard InChI is InChI=1S/C20H18ClN3O/c1-14-8-9-15(2)24(14)17-10-11-18(19(21)12-17)20(25)23-22-13-16-6-4-3-5-7-16/h3-13H,1-2H3,(H,23,25)/b22-13-. The fourth-order valence-electron chi connectivity index (χ4n) is 2.67. The molecular weight excluding hydrogens is 334 g/mol. The van der Waals surface area contributed by atoms with Gasteiger partial charge in [-0.25, -0.2) is 5.43 Å². The monoisotopic (exact) mass is 351 g/mol. The van der Waals surface area contributed by atoms with Crippen LogP contribution in [0.5, 0.6) is 0 Å². The third kappa shape index (κ3) is 3.80. The van der Waals surface area contributed by atoms with E-state index in [0.717, 1.165) is 22.6 Å². The molecule has 1 aromatic heterocycles. The Bertz CT molecular complexity index is 910. The molecular formula is C20H18ClN3O. The average molecular weight is 352 g/mol. The van der Waals surface area contributed by atoms with E-state index in [1.807, 2.05) is 62.4 Å². The predicted molar refractivity (Wildman–Crippen MR) is 102 cm³/mol. The molecule has 126 valence electrons. The molecule has 1 amide bonds. The number of rotatable bonds is 4. The van der Waals surface area contributed by atoms with Crippen LogP contribution in [0.4, 0.5) is 0 Å². The minimum absolute atomic E-state index is 0.343. The number of amides is 1. The summed E-state index contributed by atoms with van der Waals surface area (Å²) >= 11 is 6.32. The quantitative estimate of drug-likeness (QED) is 0.545. The predicted octanol–water partition coefficient (Wildman–Crippen LogP) is 4.51. The highest BCUT2D eigenvalue weighted by atomic mass is 35.5. The summed E-state index contributed by atoms with van der Waals surface area (Å²) in [6, 6.07) is 19.0. The van der Waals surface area contributed by atoms with Crippen molar-refractivity contribution in [2.24, 2.45) is 5.10 Å². The first kappa shape index (κ1) is 17.0. The lowest BCUT2D eigenvalue weighted by molar-refractivity contribution is 0.0955. The van der Waals surface area contributed by atoms with Crippen molar-refractivity contribution in [2.75, 3.05) is 0 Å². The van der Waals surface area contributed by atoms with Crippen LogP contribution in [0.3, 0.4) is 0 Å². The van der Waals surface area contributed by atoms with Crippen LogP contribution in [-0.2, 0) is 0 Å². The summed E-state index contributed by atoms with van der Waals surface area (Å²) in [4.78, 5) is 12.3. The summed E-state index contributed by atoms with van der Waals surface area (Å²) in [5, 5.41) is 4.36. The molecule has 0 fully saturated rings. The highest BCUT2D eigenvalue weighted by molar-refractivity contribution is 6.34. The maximum Gasteiger partial charge on any atom is 0.272 e. The molecule has 0 saturated carbocycles. The van der Waals surface area contributed by atoms with Gasteiger partial charge in [-0.05, 0) is 49.7 Å². The third-order valence-corrected chi connectivity index (χ3v) is 4.22. The average Bonchev–Trinajstić information content (AvgIpc) is 2.94. The molecule has 3 rings (SSSR count).